The monoisotopic (exact) mass is 314 g/mol. The molecule has 0 amide bonds. The van der Waals surface area contributed by atoms with E-state index in [1.54, 1.807) is 4.68 Å². The van der Waals surface area contributed by atoms with Gasteiger partial charge in [-0.3, -0.25) is 4.68 Å². The molecule has 0 saturated carbocycles. The number of rotatable bonds is 4. The predicted molar refractivity (Wildman–Crippen MR) is 63.5 cm³/mol. The molecule has 0 radical (unpaired) electrons. The van der Waals surface area contributed by atoms with E-state index < -0.39 is 9.05 Å². The minimum absolute atomic E-state index is 0.198. The molecule has 0 aliphatic carbocycles. The van der Waals surface area contributed by atoms with Gasteiger partial charge in [0.2, 0.25) is 9.05 Å². The van der Waals surface area contributed by atoms with E-state index in [1.807, 2.05) is 13.8 Å². The quantitative estimate of drug-likeness (QED) is 0.801. The average Bonchev–Trinajstić information content (AvgIpc) is 2.42. The molecule has 4 nitrogen and oxygen atoms in total. The summed E-state index contributed by atoms with van der Waals surface area (Å²) in [7, 11) is 1.69. The molecule has 0 fully saturated rings. The van der Waals surface area contributed by atoms with Crippen molar-refractivity contribution in [3.8, 4) is 0 Å². The van der Waals surface area contributed by atoms with E-state index in [-0.39, 0.29) is 5.75 Å². The van der Waals surface area contributed by atoms with Crippen molar-refractivity contribution >= 4 is 35.7 Å². The Balaban J connectivity index is 3.20. The summed E-state index contributed by atoms with van der Waals surface area (Å²) in [4.78, 5) is 0. The SMILES string of the molecule is CCc1nn(CC)c(CS(=O)(=O)Cl)c1Br. The zero-order valence-corrected chi connectivity index (χ0v) is 11.7. The minimum Gasteiger partial charge on any atom is -0.267 e. The van der Waals surface area contributed by atoms with Crippen molar-refractivity contribution in [1.29, 1.82) is 0 Å². The third-order valence-electron chi connectivity index (χ3n) is 2.00. The predicted octanol–water partition coefficient (Wildman–Crippen LogP) is 2.30. The molecule has 86 valence electrons. The normalized spacial score (nSPS) is 12.0. The number of hydrogen-bond acceptors (Lipinski definition) is 3. The molecule has 0 aliphatic heterocycles. The second kappa shape index (κ2) is 4.84. The highest BCUT2D eigenvalue weighted by molar-refractivity contribution is 9.10. The first-order chi connectivity index (χ1) is 6.89. The summed E-state index contributed by atoms with van der Waals surface area (Å²) < 4.78 is 24.4. The smallest absolute Gasteiger partial charge is 0.238 e. The first-order valence-electron chi connectivity index (χ1n) is 4.55. The van der Waals surface area contributed by atoms with E-state index >= 15 is 0 Å². The van der Waals surface area contributed by atoms with Crippen molar-refractivity contribution in [2.24, 2.45) is 0 Å². The van der Waals surface area contributed by atoms with Crippen LogP contribution < -0.4 is 0 Å². The van der Waals surface area contributed by atoms with Crippen LogP contribution in [0.2, 0.25) is 0 Å². The topological polar surface area (TPSA) is 52.0 Å². The summed E-state index contributed by atoms with van der Waals surface area (Å²) in [5.41, 5.74) is 1.47. The third kappa shape index (κ3) is 3.19. The molecular weight excluding hydrogens is 304 g/mol. The largest absolute Gasteiger partial charge is 0.267 e. The van der Waals surface area contributed by atoms with Crippen LogP contribution in [-0.2, 0) is 27.8 Å². The lowest BCUT2D eigenvalue weighted by Crippen LogP contribution is -2.06. The van der Waals surface area contributed by atoms with Crippen molar-refractivity contribution in [3.63, 3.8) is 0 Å². The molecule has 0 unspecified atom stereocenters. The van der Waals surface area contributed by atoms with Gasteiger partial charge in [-0.25, -0.2) is 8.42 Å². The number of halogens is 2. The Labute approximate surface area is 102 Å². The van der Waals surface area contributed by atoms with Crippen molar-refractivity contribution in [3.05, 3.63) is 15.9 Å². The molecule has 1 aromatic heterocycles. The highest BCUT2D eigenvalue weighted by atomic mass is 79.9. The lowest BCUT2D eigenvalue weighted by atomic mass is 10.3. The molecule has 0 N–H and O–H groups in total. The highest BCUT2D eigenvalue weighted by Crippen LogP contribution is 2.24. The number of aryl methyl sites for hydroxylation is 2. The Morgan fingerprint density at radius 3 is 2.47 bits per heavy atom. The van der Waals surface area contributed by atoms with Gasteiger partial charge in [0.25, 0.3) is 0 Å². The van der Waals surface area contributed by atoms with Gasteiger partial charge < -0.3 is 0 Å². The molecule has 0 aromatic carbocycles. The van der Waals surface area contributed by atoms with Gasteiger partial charge in [0.05, 0.1) is 15.9 Å². The van der Waals surface area contributed by atoms with Crippen LogP contribution in [0.1, 0.15) is 25.2 Å². The maximum absolute atomic E-state index is 11.0. The molecule has 1 aromatic rings. The van der Waals surface area contributed by atoms with Crippen molar-refractivity contribution in [2.75, 3.05) is 0 Å². The van der Waals surface area contributed by atoms with Crippen molar-refractivity contribution in [1.82, 2.24) is 9.78 Å². The molecule has 0 saturated heterocycles. The van der Waals surface area contributed by atoms with Crippen molar-refractivity contribution in [2.45, 2.75) is 32.6 Å². The minimum atomic E-state index is -3.55. The van der Waals surface area contributed by atoms with E-state index in [0.29, 0.717) is 12.2 Å². The molecule has 1 rings (SSSR count). The average molecular weight is 316 g/mol. The molecule has 1 heterocycles. The van der Waals surface area contributed by atoms with Gasteiger partial charge in [0.1, 0.15) is 5.75 Å². The summed E-state index contributed by atoms with van der Waals surface area (Å²) >= 11 is 3.35. The van der Waals surface area contributed by atoms with Gasteiger partial charge in [0, 0.05) is 17.2 Å². The summed E-state index contributed by atoms with van der Waals surface area (Å²) in [6.45, 7) is 4.50. The Hall–Kier alpha value is -0.0700. The standard InChI is InChI=1S/C8H12BrClN2O2S/c1-3-6-8(9)7(5-15(10,13)14)12(4-2)11-6/h3-5H2,1-2H3. The molecule has 0 atom stereocenters. The number of nitrogens with zero attached hydrogens (tertiary/aromatic N) is 2. The van der Waals surface area contributed by atoms with Gasteiger partial charge in [-0.05, 0) is 29.3 Å². The van der Waals surface area contributed by atoms with Crippen LogP contribution in [0.15, 0.2) is 4.47 Å². The van der Waals surface area contributed by atoms with Crippen LogP contribution in [0.3, 0.4) is 0 Å². The summed E-state index contributed by atoms with van der Waals surface area (Å²) in [6, 6.07) is 0. The fourth-order valence-corrected chi connectivity index (χ4v) is 3.14. The fourth-order valence-electron chi connectivity index (χ4n) is 1.32. The summed E-state index contributed by atoms with van der Waals surface area (Å²) in [5, 5.41) is 4.28. The molecule has 0 bridgehead atoms. The first-order valence-corrected chi connectivity index (χ1v) is 7.82. The second-order valence-electron chi connectivity index (χ2n) is 3.06. The van der Waals surface area contributed by atoms with E-state index in [4.69, 9.17) is 10.7 Å². The summed E-state index contributed by atoms with van der Waals surface area (Å²) in [6.07, 6.45) is 0.753. The molecule has 0 aliphatic rings. The van der Waals surface area contributed by atoms with Gasteiger partial charge in [0.15, 0.2) is 0 Å². The lowest BCUT2D eigenvalue weighted by molar-refractivity contribution is 0.596. The molecule has 15 heavy (non-hydrogen) atoms. The fraction of sp³-hybridized carbons (Fsp3) is 0.625. The lowest BCUT2D eigenvalue weighted by Gasteiger charge is -2.02. The van der Waals surface area contributed by atoms with E-state index in [9.17, 15) is 8.42 Å². The molecule has 7 heteroatoms. The van der Waals surface area contributed by atoms with E-state index in [0.717, 1.165) is 16.6 Å². The maximum atomic E-state index is 11.0. The van der Waals surface area contributed by atoms with Crippen LogP contribution >= 0.6 is 26.6 Å². The molecular formula is C8H12BrClN2O2S. The first kappa shape index (κ1) is 13.0. The van der Waals surface area contributed by atoms with E-state index in [2.05, 4.69) is 21.0 Å². The Kier molecular flexibility index (Phi) is 4.20. The maximum Gasteiger partial charge on any atom is 0.238 e. The Bertz CT molecular complexity index is 455. The molecule has 0 spiro atoms. The Morgan fingerprint density at radius 1 is 1.47 bits per heavy atom. The summed E-state index contributed by atoms with van der Waals surface area (Å²) in [5.74, 6) is -0.198. The number of hydrogen-bond donors (Lipinski definition) is 0. The van der Waals surface area contributed by atoms with Crippen LogP contribution in [-0.4, -0.2) is 18.2 Å². The van der Waals surface area contributed by atoms with Crippen LogP contribution in [0.25, 0.3) is 0 Å². The Morgan fingerprint density at radius 2 is 2.07 bits per heavy atom. The highest BCUT2D eigenvalue weighted by Gasteiger charge is 2.18. The van der Waals surface area contributed by atoms with Gasteiger partial charge in [-0.1, -0.05) is 6.92 Å². The number of aromatic nitrogens is 2. The van der Waals surface area contributed by atoms with Crippen LogP contribution in [0, 0.1) is 0 Å². The van der Waals surface area contributed by atoms with Crippen molar-refractivity contribution < 1.29 is 8.42 Å². The zero-order valence-electron chi connectivity index (χ0n) is 8.50. The van der Waals surface area contributed by atoms with Crippen LogP contribution in [0.5, 0.6) is 0 Å². The van der Waals surface area contributed by atoms with Crippen LogP contribution in [0.4, 0.5) is 0 Å². The third-order valence-corrected chi connectivity index (χ3v) is 3.86. The van der Waals surface area contributed by atoms with Gasteiger partial charge in [-0.15, -0.1) is 0 Å². The van der Waals surface area contributed by atoms with E-state index in [1.165, 1.54) is 0 Å². The zero-order chi connectivity index (χ0) is 11.6. The van der Waals surface area contributed by atoms with Gasteiger partial charge >= 0.3 is 0 Å². The van der Waals surface area contributed by atoms with Gasteiger partial charge in [-0.2, -0.15) is 5.10 Å². The second-order valence-corrected chi connectivity index (χ2v) is 6.63.